The Morgan fingerprint density at radius 1 is 1.19 bits per heavy atom. The van der Waals surface area contributed by atoms with Crippen molar-refractivity contribution in [2.45, 2.75) is 32.7 Å². The Labute approximate surface area is 194 Å². The fraction of sp³-hybridized carbons (Fsp3) is 0.217. The molecule has 2 heterocycles. The summed E-state index contributed by atoms with van der Waals surface area (Å²) in [4.78, 5) is 29.3. The number of hydrazone groups is 1. The zero-order valence-electron chi connectivity index (χ0n) is 17.2. The van der Waals surface area contributed by atoms with Crippen LogP contribution in [0.25, 0.3) is 0 Å². The number of hydrogen-bond acceptors (Lipinski definition) is 5. The lowest BCUT2D eigenvalue weighted by atomic mass is 9.93. The Hall–Kier alpha value is -3.16. The summed E-state index contributed by atoms with van der Waals surface area (Å²) in [6.45, 7) is 2.16. The minimum absolute atomic E-state index is 0.242. The van der Waals surface area contributed by atoms with Crippen molar-refractivity contribution in [3.63, 3.8) is 0 Å². The van der Waals surface area contributed by atoms with Gasteiger partial charge in [0.15, 0.2) is 5.76 Å². The van der Waals surface area contributed by atoms with Crippen LogP contribution in [0.4, 0.5) is 0 Å². The molecule has 32 heavy (non-hydrogen) atoms. The predicted molar refractivity (Wildman–Crippen MR) is 122 cm³/mol. The third-order valence-electron chi connectivity index (χ3n) is 5.18. The molecule has 2 N–H and O–H groups in total. The van der Waals surface area contributed by atoms with Gasteiger partial charge < -0.3 is 9.73 Å². The molecule has 3 aromatic rings. The highest BCUT2D eigenvalue weighted by Crippen LogP contribution is 2.30. The number of rotatable bonds is 5. The molecule has 1 aliphatic carbocycles. The number of carbonyl (C=O) groups excluding carboxylic acids is 2. The van der Waals surface area contributed by atoms with Crippen LogP contribution in [0.3, 0.4) is 0 Å². The molecule has 0 radical (unpaired) electrons. The maximum atomic E-state index is 12.7. The highest BCUT2D eigenvalue weighted by molar-refractivity contribution is 6.36. The number of halogens is 2. The van der Waals surface area contributed by atoms with Gasteiger partial charge >= 0.3 is 0 Å². The summed E-state index contributed by atoms with van der Waals surface area (Å²) in [6.07, 6.45) is 5.52. The molecular weight excluding hydrogens is 451 g/mol. The maximum Gasteiger partial charge on any atom is 0.287 e. The lowest BCUT2D eigenvalue weighted by Crippen LogP contribution is -2.23. The first kappa shape index (κ1) is 22.0. The Morgan fingerprint density at radius 3 is 2.78 bits per heavy atom. The van der Waals surface area contributed by atoms with Crippen molar-refractivity contribution in [3.8, 4) is 0 Å². The number of aryl methyl sites for hydroxylation is 1. The van der Waals surface area contributed by atoms with Crippen LogP contribution in [0.15, 0.2) is 52.2 Å². The average molecular weight is 471 g/mol. The van der Waals surface area contributed by atoms with E-state index < -0.39 is 5.91 Å². The summed E-state index contributed by atoms with van der Waals surface area (Å²) in [5.41, 5.74) is 5.85. The summed E-state index contributed by atoms with van der Waals surface area (Å²) >= 11 is 12.0. The SMILES string of the molecule is Cc1c(C(=O)NCc2cccnc2)oc2c1/C(=N/NC(=O)c1ccc(Cl)cc1Cl)CCC2. The Kier molecular flexibility index (Phi) is 6.58. The molecule has 0 unspecified atom stereocenters. The van der Waals surface area contributed by atoms with E-state index in [0.29, 0.717) is 41.4 Å². The molecule has 7 nitrogen and oxygen atoms in total. The lowest BCUT2D eigenvalue weighted by molar-refractivity contribution is 0.0919. The summed E-state index contributed by atoms with van der Waals surface area (Å²) in [6, 6.07) is 8.33. The first-order valence-electron chi connectivity index (χ1n) is 10.1. The Morgan fingerprint density at radius 2 is 2.03 bits per heavy atom. The zero-order valence-corrected chi connectivity index (χ0v) is 18.8. The number of fused-ring (bicyclic) bond motifs is 1. The summed E-state index contributed by atoms with van der Waals surface area (Å²) in [5.74, 6) is 0.192. The van der Waals surface area contributed by atoms with Gasteiger partial charge in [0.05, 0.1) is 16.3 Å². The van der Waals surface area contributed by atoms with Gasteiger partial charge in [-0.15, -0.1) is 0 Å². The topological polar surface area (TPSA) is 96.6 Å². The van der Waals surface area contributed by atoms with E-state index in [2.05, 4.69) is 20.8 Å². The predicted octanol–water partition coefficient (Wildman–Crippen LogP) is 4.69. The van der Waals surface area contributed by atoms with E-state index in [0.717, 1.165) is 17.5 Å². The molecule has 0 spiro atoms. The average Bonchev–Trinajstić information content (AvgIpc) is 3.14. The number of nitrogens with zero attached hydrogens (tertiary/aromatic N) is 2. The first-order chi connectivity index (χ1) is 15.4. The van der Waals surface area contributed by atoms with Crippen LogP contribution >= 0.6 is 23.2 Å². The van der Waals surface area contributed by atoms with Crippen LogP contribution in [-0.4, -0.2) is 22.5 Å². The summed E-state index contributed by atoms with van der Waals surface area (Å²) in [7, 11) is 0. The van der Waals surface area contributed by atoms with Crippen LogP contribution in [0, 0.1) is 6.92 Å². The fourth-order valence-electron chi connectivity index (χ4n) is 3.61. The molecule has 2 amide bonds. The highest BCUT2D eigenvalue weighted by atomic mass is 35.5. The number of pyridine rings is 1. The van der Waals surface area contributed by atoms with Crippen molar-refractivity contribution in [2.75, 3.05) is 0 Å². The van der Waals surface area contributed by atoms with Crippen LogP contribution in [0.1, 0.15) is 56.2 Å². The second-order valence-corrected chi connectivity index (χ2v) is 8.22. The molecule has 0 bridgehead atoms. The fourth-order valence-corrected chi connectivity index (χ4v) is 4.11. The van der Waals surface area contributed by atoms with Crippen molar-refractivity contribution in [1.29, 1.82) is 0 Å². The smallest absolute Gasteiger partial charge is 0.287 e. The second kappa shape index (κ2) is 9.54. The molecule has 0 saturated carbocycles. The number of benzene rings is 1. The standard InChI is InChI=1S/C23H20Cl2N4O3/c1-13-20-18(28-29-22(30)16-8-7-15(24)10-17(16)25)5-2-6-19(20)32-21(13)23(31)27-12-14-4-3-9-26-11-14/h3-4,7-11H,2,5-6,12H2,1H3,(H,27,31)(H,29,30)/b28-18+. The van der Waals surface area contributed by atoms with Crippen LogP contribution < -0.4 is 10.7 Å². The summed E-state index contributed by atoms with van der Waals surface area (Å²) in [5, 5.41) is 7.86. The van der Waals surface area contributed by atoms with Gasteiger partial charge in [0, 0.05) is 41.5 Å². The van der Waals surface area contributed by atoms with Crippen LogP contribution in [-0.2, 0) is 13.0 Å². The van der Waals surface area contributed by atoms with E-state index in [-0.39, 0.29) is 22.3 Å². The van der Waals surface area contributed by atoms with E-state index in [1.54, 1.807) is 24.5 Å². The largest absolute Gasteiger partial charge is 0.455 e. The van der Waals surface area contributed by atoms with E-state index in [9.17, 15) is 9.59 Å². The second-order valence-electron chi connectivity index (χ2n) is 7.38. The minimum Gasteiger partial charge on any atom is -0.455 e. The Bertz CT molecular complexity index is 1210. The molecule has 0 aliphatic heterocycles. The molecule has 1 aromatic carbocycles. The minimum atomic E-state index is -0.443. The summed E-state index contributed by atoms with van der Waals surface area (Å²) < 4.78 is 5.88. The van der Waals surface area contributed by atoms with Crippen molar-refractivity contribution < 1.29 is 14.0 Å². The lowest BCUT2D eigenvalue weighted by Gasteiger charge is -2.13. The number of hydrogen-bond donors (Lipinski definition) is 2. The van der Waals surface area contributed by atoms with Gasteiger partial charge in [-0.25, -0.2) is 5.43 Å². The molecule has 2 aromatic heterocycles. The van der Waals surface area contributed by atoms with Crippen LogP contribution in [0.2, 0.25) is 10.0 Å². The van der Waals surface area contributed by atoms with Gasteiger partial charge in [0.25, 0.3) is 11.8 Å². The number of carbonyl (C=O) groups is 2. The van der Waals surface area contributed by atoms with Crippen molar-refractivity contribution in [1.82, 2.24) is 15.7 Å². The van der Waals surface area contributed by atoms with E-state index >= 15 is 0 Å². The number of nitrogens with one attached hydrogen (secondary N) is 2. The van der Waals surface area contributed by atoms with Gasteiger partial charge in [0.1, 0.15) is 5.76 Å². The van der Waals surface area contributed by atoms with E-state index in [1.807, 2.05) is 19.1 Å². The molecule has 9 heteroatoms. The molecule has 0 fully saturated rings. The van der Waals surface area contributed by atoms with Crippen molar-refractivity contribution >= 4 is 40.7 Å². The number of aromatic nitrogens is 1. The van der Waals surface area contributed by atoms with Gasteiger partial charge in [0.2, 0.25) is 0 Å². The highest BCUT2D eigenvalue weighted by Gasteiger charge is 2.28. The zero-order chi connectivity index (χ0) is 22.7. The van der Waals surface area contributed by atoms with Gasteiger partial charge in [-0.2, -0.15) is 5.10 Å². The monoisotopic (exact) mass is 470 g/mol. The van der Waals surface area contributed by atoms with Crippen LogP contribution in [0.5, 0.6) is 0 Å². The van der Waals surface area contributed by atoms with Gasteiger partial charge in [-0.05, 0) is 49.6 Å². The van der Waals surface area contributed by atoms with Crippen molar-refractivity contribution in [3.05, 3.63) is 86.5 Å². The molecule has 1 aliphatic rings. The van der Waals surface area contributed by atoms with Gasteiger partial charge in [-0.3, -0.25) is 14.6 Å². The molecule has 0 atom stereocenters. The number of furan rings is 1. The third kappa shape index (κ3) is 4.69. The van der Waals surface area contributed by atoms with E-state index in [1.165, 1.54) is 6.07 Å². The molecule has 0 saturated heterocycles. The third-order valence-corrected chi connectivity index (χ3v) is 5.72. The van der Waals surface area contributed by atoms with Gasteiger partial charge in [-0.1, -0.05) is 29.3 Å². The Balaban J connectivity index is 1.52. The molecule has 4 rings (SSSR count). The quantitative estimate of drug-likeness (QED) is 0.528. The molecular formula is C23H20Cl2N4O3. The normalized spacial score (nSPS) is 14.2. The molecule has 164 valence electrons. The number of amides is 2. The maximum absolute atomic E-state index is 12.7. The first-order valence-corrected chi connectivity index (χ1v) is 10.8. The van der Waals surface area contributed by atoms with E-state index in [4.69, 9.17) is 27.6 Å². The van der Waals surface area contributed by atoms with Crippen molar-refractivity contribution in [2.24, 2.45) is 5.10 Å².